The highest BCUT2D eigenvalue weighted by atomic mass is 14.5. The van der Waals surface area contributed by atoms with Gasteiger partial charge >= 0.3 is 0 Å². The van der Waals surface area contributed by atoms with Gasteiger partial charge in [0, 0.05) is 0 Å². The van der Waals surface area contributed by atoms with E-state index in [4.69, 9.17) is 10.8 Å². The second kappa shape index (κ2) is 10.2. The molecule has 0 unspecified atom stereocenters. The molecule has 0 amide bonds. The zero-order chi connectivity index (χ0) is 28.8. The van der Waals surface area contributed by atoms with Crippen LogP contribution in [-0.2, 0) is 6.42 Å². The number of benzene rings is 5. The van der Waals surface area contributed by atoms with Crippen molar-refractivity contribution in [3.05, 3.63) is 144 Å². The largest absolute Gasteiger partial charge is 0.299 e. The number of hydrogen-bond acceptors (Lipinski definition) is 2. The fourth-order valence-electron chi connectivity index (χ4n) is 6.41. The van der Waals surface area contributed by atoms with Crippen molar-refractivity contribution in [2.45, 2.75) is 12.8 Å². The van der Waals surface area contributed by atoms with Crippen LogP contribution in [-0.4, -0.2) is 11.4 Å². The number of rotatable bonds is 5. The van der Waals surface area contributed by atoms with Crippen molar-refractivity contribution >= 4 is 56.8 Å². The summed E-state index contributed by atoms with van der Waals surface area (Å²) in [5, 5.41) is 20.9. The molecule has 2 aliphatic rings. The molecule has 2 aliphatic carbocycles. The van der Waals surface area contributed by atoms with E-state index >= 15 is 0 Å². The smallest absolute Gasteiger partial charge is 0.0795 e. The van der Waals surface area contributed by atoms with Crippen molar-refractivity contribution in [2.24, 2.45) is 0 Å². The summed E-state index contributed by atoms with van der Waals surface area (Å²) < 4.78 is 0. The Morgan fingerprint density at radius 1 is 0.619 bits per heavy atom. The average Bonchev–Trinajstić information content (AvgIpc) is 3.04. The van der Waals surface area contributed by atoms with Crippen LogP contribution in [0, 0.1) is 10.8 Å². The molecule has 0 aliphatic heterocycles. The van der Waals surface area contributed by atoms with E-state index in [9.17, 15) is 0 Å². The Balaban J connectivity index is 1.58. The number of fused-ring (bicyclic) bond motifs is 3. The molecule has 0 saturated heterocycles. The topological polar surface area (TPSA) is 47.7 Å². The molecule has 2 heteroatoms. The first-order valence-corrected chi connectivity index (χ1v) is 14.3. The van der Waals surface area contributed by atoms with Gasteiger partial charge in [-0.15, -0.1) is 0 Å². The van der Waals surface area contributed by atoms with Crippen LogP contribution in [0.25, 0.3) is 67.6 Å². The van der Waals surface area contributed by atoms with E-state index in [1.165, 1.54) is 27.5 Å². The molecule has 0 atom stereocenters. The van der Waals surface area contributed by atoms with E-state index in [-0.39, 0.29) is 11.4 Å². The molecule has 5 aromatic carbocycles. The molecule has 0 radical (unpaired) electrons. The first-order chi connectivity index (χ1) is 20.6. The van der Waals surface area contributed by atoms with Gasteiger partial charge in [0.25, 0.3) is 0 Å². The third-order valence-corrected chi connectivity index (χ3v) is 8.50. The van der Waals surface area contributed by atoms with Crippen molar-refractivity contribution < 1.29 is 0 Å². The van der Waals surface area contributed by atoms with Crippen molar-refractivity contribution in [2.75, 3.05) is 0 Å². The zero-order valence-corrected chi connectivity index (χ0v) is 23.4. The van der Waals surface area contributed by atoms with Crippen LogP contribution < -0.4 is 0 Å². The normalized spacial score (nSPS) is 14.2. The van der Waals surface area contributed by atoms with Gasteiger partial charge in [0.05, 0.1) is 11.4 Å². The van der Waals surface area contributed by atoms with Crippen LogP contribution in [0.1, 0.15) is 34.2 Å². The predicted octanol–water partition coefficient (Wildman–Crippen LogP) is 10.6. The second-order valence-electron chi connectivity index (χ2n) is 10.9. The lowest BCUT2D eigenvalue weighted by molar-refractivity contribution is 0.986. The van der Waals surface area contributed by atoms with Crippen molar-refractivity contribution in [1.82, 2.24) is 0 Å². The summed E-state index contributed by atoms with van der Waals surface area (Å²) in [4.78, 5) is 0. The number of nitrogens with one attached hydrogen (secondary N) is 2. The molecule has 42 heavy (non-hydrogen) atoms. The number of hydrogen-bond donors (Lipinski definition) is 2. The van der Waals surface area contributed by atoms with Crippen LogP contribution in [0.15, 0.2) is 116 Å². The Morgan fingerprint density at radius 3 is 2.12 bits per heavy atom. The summed E-state index contributed by atoms with van der Waals surface area (Å²) in [7, 11) is 0. The molecular formula is C40H30N2. The van der Waals surface area contributed by atoms with Gasteiger partial charge in [-0.3, -0.25) is 10.8 Å². The van der Waals surface area contributed by atoms with E-state index in [0.717, 1.165) is 62.6 Å². The monoisotopic (exact) mass is 538 g/mol. The number of allylic oxidation sites excluding steroid dienone is 5. The maximum absolute atomic E-state index is 8.25. The summed E-state index contributed by atoms with van der Waals surface area (Å²) in [5.41, 5.74) is 11.8. The van der Waals surface area contributed by atoms with Gasteiger partial charge in [0.15, 0.2) is 0 Å². The molecule has 0 bridgehead atoms. The van der Waals surface area contributed by atoms with Crippen LogP contribution in [0.4, 0.5) is 0 Å². The van der Waals surface area contributed by atoms with Gasteiger partial charge in [0.2, 0.25) is 0 Å². The molecule has 0 saturated carbocycles. The highest BCUT2D eigenvalue weighted by Gasteiger charge is 2.21. The molecule has 2 N–H and O–H groups in total. The van der Waals surface area contributed by atoms with Gasteiger partial charge in [-0.2, -0.15) is 0 Å². The fourth-order valence-corrected chi connectivity index (χ4v) is 6.41. The predicted molar refractivity (Wildman–Crippen MR) is 182 cm³/mol. The maximum atomic E-state index is 8.25. The van der Waals surface area contributed by atoms with Crippen LogP contribution >= 0.6 is 0 Å². The van der Waals surface area contributed by atoms with E-state index in [0.29, 0.717) is 0 Å². The minimum absolute atomic E-state index is 0.222. The van der Waals surface area contributed by atoms with Gasteiger partial charge in [-0.05, 0) is 114 Å². The molecule has 7 rings (SSSR count). The molecular weight excluding hydrogens is 508 g/mol. The van der Waals surface area contributed by atoms with Crippen molar-refractivity contribution in [3.63, 3.8) is 0 Å². The highest BCUT2D eigenvalue weighted by Crippen LogP contribution is 2.45. The Hall–Kier alpha value is -5.34. The molecule has 0 fully saturated rings. The van der Waals surface area contributed by atoms with E-state index in [1.807, 2.05) is 18.2 Å². The SMILES string of the molecule is C=Cc1c(C=C)c(-c2ccc3ccccc3c2)c2cc(C3=CC(=N)C(=N)C=C3)ccc2c1-c1ccc2c(c1)CCC=C2. The summed E-state index contributed by atoms with van der Waals surface area (Å²) >= 11 is 0. The summed E-state index contributed by atoms with van der Waals surface area (Å²) in [6, 6.07) is 28.5. The van der Waals surface area contributed by atoms with Crippen LogP contribution in [0.3, 0.4) is 0 Å². The van der Waals surface area contributed by atoms with Crippen molar-refractivity contribution in [1.29, 1.82) is 10.8 Å². The second-order valence-corrected chi connectivity index (χ2v) is 10.9. The van der Waals surface area contributed by atoms with Gasteiger partial charge < -0.3 is 0 Å². The Kier molecular flexibility index (Phi) is 6.25. The first-order valence-electron chi connectivity index (χ1n) is 14.3. The Labute approximate surface area is 246 Å². The summed E-state index contributed by atoms with van der Waals surface area (Å²) in [6.45, 7) is 8.59. The lowest BCUT2D eigenvalue weighted by atomic mass is 9.81. The molecule has 0 heterocycles. The third kappa shape index (κ3) is 4.20. The summed E-state index contributed by atoms with van der Waals surface area (Å²) in [6.07, 6.45) is 15.9. The first kappa shape index (κ1) is 25.6. The van der Waals surface area contributed by atoms with Crippen LogP contribution in [0.2, 0.25) is 0 Å². The summed E-state index contributed by atoms with van der Waals surface area (Å²) in [5.74, 6) is 0. The fraction of sp³-hybridized carbons (Fsp3) is 0.0500. The van der Waals surface area contributed by atoms with E-state index in [2.05, 4.69) is 104 Å². The van der Waals surface area contributed by atoms with E-state index < -0.39 is 0 Å². The average molecular weight is 539 g/mol. The minimum Gasteiger partial charge on any atom is -0.299 e. The van der Waals surface area contributed by atoms with Crippen molar-refractivity contribution in [3.8, 4) is 22.3 Å². The van der Waals surface area contributed by atoms with Crippen LogP contribution in [0.5, 0.6) is 0 Å². The lowest BCUT2D eigenvalue weighted by Gasteiger charge is -2.22. The molecule has 200 valence electrons. The van der Waals surface area contributed by atoms with Gasteiger partial charge in [0.1, 0.15) is 0 Å². The maximum Gasteiger partial charge on any atom is 0.0795 e. The van der Waals surface area contributed by atoms with Gasteiger partial charge in [-0.1, -0.05) is 110 Å². The molecule has 0 spiro atoms. The molecule has 2 nitrogen and oxygen atoms in total. The standard InChI is InChI=1S/C40H30N2/c1-3-33-34(4-2)40(32-16-14-26-10-6-8-12-28(26)22-32)36-23-29(30-18-20-37(41)38(42)24-30)17-19-35(36)39(33)31-15-13-25-9-5-7-11-27(25)21-31/h3-6,8-10,12-24,41-42H,1-2,7,11H2. The number of aryl methyl sites for hydroxylation is 1. The molecule has 5 aromatic rings. The molecule has 0 aromatic heterocycles. The zero-order valence-electron chi connectivity index (χ0n) is 23.4. The van der Waals surface area contributed by atoms with E-state index in [1.54, 1.807) is 12.2 Å². The Morgan fingerprint density at radius 2 is 1.33 bits per heavy atom. The van der Waals surface area contributed by atoms with Gasteiger partial charge in [-0.25, -0.2) is 0 Å². The Bertz CT molecular complexity index is 2100. The highest BCUT2D eigenvalue weighted by molar-refractivity contribution is 6.50. The lowest BCUT2D eigenvalue weighted by Crippen LogP contribution is -2.09. The quantitative estimate of drug-likeness (QED) is 0.209. The minimum atomic E-state index is 0.222. The third-order valence-electron chi connectivity index (χ3n) is 8.50.